The van der Waals surface area contributed by atoms with Gasteiger partial charge in [-0.25, -0.2) is 0 Å². The van der Waals surface area contributed by atoms with Crippen LogP contribution in [0.2, 0.25) is 0 Å². The van der Waals surface area contributed by atoms with Crippen LogP contribution in [0.15, 0.2) is 23.0 Å². The first-order valence-electron chi connectivity index (χ1n) is 10.1. The molecule has 2 fully saturated rings. The molecule has 0 radical (unpaired) electrons. The molecule has 1 N–H and O–H groups in total. The van der Waals surface area contributed by atoms with Gasteiger partial charge in [-0.05, 0) is 61.1 Å². The monoisotopic (exact) mass is 352 g/mol. The molecule has 2 atom stereocenters. The number of H-pyrrole nitrogens is 1. The zero-order valence-electron chi connectivity index (χ0n) is 16.9. The third-order valence-corrected chi connectivity index (χ3v) is 6.67. The molecule has 3 heteroatoms. The van der Waals surface area contributed by atoms with Crippen molar-refractivity contribution in [1.82, 2.24) is 9.88 Å². The Morgan fingerprint density at radius 2 is 2.00 bits per heavy atom. The molecule has 2 aromatic rings. The lowest BCUT2D eigenvalue weighted by atomic mass is 9.65. The van der Waals surface area contributed by atoms with Gasteiger partial charge in [0.25, 0.3) is 0 Å². The van der Waals surface area contributed by atoms with Gasteiger partial charge in [-0.2, -0.15) is 0 Å². The minimum atomic E-state index is 0.220. The summed E-state index contributed by atoms with van der Waals surface area (Å²) in [6, 6.07) is 6.85. The van der Waals surface area contributed by atoms with E-state index in [1.807, 2.05) is 0 Å². The molecule has 0 unspecified atom stereocenters. The summed E-state index contributed by atoms with van der Waals surface area (Å²) in [5.41, 5.74) is 5.20. The number of nitrogens with one attached hydrogen (secondary N) is 1. The summed E-state index contributed by atoms with van der Waals surface area (Å²) in [4.78, 5) is 19.3. The van der Waals surface area contributed by atoms with E-state index in [0.717, 1.165) is 41.7 Å². The van der Waals surface area contributed by atoms with Gasteiger partial charge in [0, 0.05) is 41.3 Å². The number of nitrogens with zero attached hydrogens (tertiary/aromatic N) is 1. The Bertz CT molecular complexity index is 910. The Balaban J connectivity index is 1.71. The second-order valence-corrected chi connectivity index (χ2v) is 9.91. The topological polar surface area (TPSA) is 36.1 Å². The Hall–Kier alpha value is -1.61. The van der Waals surface area contributed by atoms with Crippen LogP contribution in [0.1, 0.15) is 63.8 Å². The van der Waals surface area contributed by atoms with Crippen LogP contribution in [0, 0.1) is 17.8 Å². The van der Waals surface area contributed by atoms with Crippen LogP contribution in [-0.4, -0.2) is 22.5 Å². The molecule has 1 aliphatic heterocycles. The van der Waals surface area contributed by atoms with E-state index in [1.165, 1.54) is 24.8 Å². The predicted octanol–water partition coefficient (Wildman–Crippen LogP) is 4.80. The predicted molar refractivity (Wildman–Crippen MR) is 109 cm³/mol. The highest BCUT2D eigenvalue weighted by Gasteiger charge is 2.49. The number of benzene rings is 1. The standard InChI is InChI=1S/C23H32N2O/c1-6-16-7-8-20-18(9-16)21(26)19(15(2)24-20)12-25-14-23(5)11-17(25)10-22(3,4)13-23/h7-9,17H,6,10-14H2,1-5H3,(H,24,26)/t17-,23+/m1/s1. The van der Waals surface area contributed by atoms with Gasteiger partial charge in [-0.1, -0.05) is 33.8 Å². The van der Waals surface area contributed by atoms with Crippen molar-refractivity contribution >= 4 is 10.9 Å². The van der Waals surface area contributed by atoms with E-state index >= 15 is 0 Å². The number of hydrogen-bond donors (Lipinski definition) is 1. The summed E-state index contributed by atoms with van der Waals surface area (Å²) >= 11 is 0. The van der Waals surface area contributed by atoms with Crippen LogP contribution in [0.3, 0.4) is 0 Å². The Labute approximate surface area is 156 Å². The lowest BCUT2D eigenvalue weighted by Gasteiger charge is -2.40. The van der Waals surface area contributed by atoms with E-state index in [4.69, 9.17) is 0 Å². The summed E-state index contributed by atoms with van der Waals surface area (Å²) in [5, 5.41) is 0.846. The highest BCUT2D eigenvalue weighted by molar-refractivity contribution is 5.80. The maximum atomic E-state index is 13.3. The van der Waals surface area contributed by atoms with Crippen molar-refractivity contribution in [3.8, 4) is 0 Å². The van der Waals surface area contributed by atoms with Gasteiger partial charge in [-0.3, -0.25) is 9.69 Å². The largest absolute Gasteiger partial charge is 0.358 e. The van der Waals surface area contributed by atoms with Crippen LogP contribution in [-0.2, 0) is 13.0 Å². The number of fused-ring (bicyclic) bond motifs is 3. The molecule has 2 bridgehead atoms. The molecule has 0 spiro atoms. The van der Waals surface area contributed by atoms with E-state index in [9.17, 15) is 4.79 Å². The van der Waals surface area contributed by atoms with Crippen LogP contribution >= 0.6 is 0 Å². The Kier molecular flexibility index (Phi) is 4.07. The number of rotatable bonds is 3. The maximum absolute atomic E-state index is 13.3. The second kappa shape index (κ2) is 5.95. The van der Waals surface area contributed by atoms with Gasteiger partial charge in [0.1, 0.15) is 0 Å². The highest BCUT2D eigenvalue weighted by Crippen LogP contribution is 2.52. The molecule has 26 heavy (non-hydrogen) atoms. The summed E-state index contributed by atoms with van der Waals surface area (Å²) in [6.45, 7) is 13.3. The molecule has 2 heterocycles. The van der Waals surface area contributed by atoms with Gasteiger partial charge in [0.15, 0.2) is 5.43 Å². The van der Waals surface area contributed by atoms with Crippen molar-refractivity contribution in [2.75, 3.05) is 6.54 Å². The first kappa shape index (κ1) is 17.8. The molecule has 2 aliphatic rings. The molecule has 1 aliphatic carbocycles. The van der Waals surface area contributed by atoms with E-state index in [-0.39, 0.29) is 5.43 Å². The third kappa shape index (κ3) is 3.00. The number of aryl methyl sites for hydroxylation is 2. The fourth-order valence-corrected chi connectivity index (χ4v) is 5.87. The van der Waals surface area contributed by atoms with Crippen LogP contribution in [0.4, 0.5) is 0 Å². The summed E-state index contributed by atoms with van der Waals surface area (Å²) in [6.07, 6.45) is 4.77. The third-order valence-electron chi connectivity index (χ3n) is 6.67. The highest BCUT2D eigenvalue weighted by atomic mass is 16.1. The molecule has 1 saturated carbocycles. The van der Waals surface area contributed by atoms with Gasteiger partial charge in [0.05, 0.1) is 0 Å². The molecular weight excluding hydrogens is 320 g/mol. The minimum absolute atomic E-state index is 0.220. The fraction of sp³-hybridized carbons (Fsp3) is 0.609. The molecule has 140 valence electrons. The van der Waals surface area contributed by atoms with Gasteiger partial charge < -0.3 is 4.98 Å². The van der Waals surface area contributed by atoms with Crippen molar-refractivity contribution < 1.29 is 0 Å². The molecule has 1 aromatic heterocycles. The fourth-order valence-electron chi connectivity index (χ4n) is 5.87. The van der Waals surface area contributed by atoms with E-state index in [2.05, 4.69) is 62.7 Å². The van der Waals surface area contributed by atoms with E-state index in [0.29, 0.717) is 16.9 Å². The summed E-state index contributed by atoms with van der Waals surface area (Å²) in [7, 11) is 0. The first-order valence-corrected chi connectivity index (χ1v) is 10.1. The molecule has 1 aromatic carbocycles. The van der Waals surface area contributed by atoms with Crippen molar-refractivity contribution in [2.24, 2.45) is 10.8 Å². The van der Waals surface area contributed by atoms with Crippen molar-refractivity contribution in [3.63, 3.8) is 0 Å². The van der Waals surface area contributed by atoms with E-state index < -0.39 is 0 Å². The van der Waals surface area contributed by atoms with Crippen LogP contribution < -0.4 is 5.43 Å². The number of aromatic amines is 1. The smallest absolute Gasteiger partial charge is 0.194 e. The lowest BCUT2D eigenvalue weighted by Crippen LogP contribution is -2.35. The molecule has 1 saturated heterocycles. The van der Waals surface area contributed by atoms with E-state index in [1.54, 1.807) is 0 Å². The average molecular weight is 353 g/mol. The Morgan fingerprint density at radius 1 is 1.23 bits per heavy atom. The Morgan fingerprint density at radius 3 is 2.73 bits per heavy atom. The quantitative estimate of drug-likeness (QED) is 0.861. The van der Waals surface area contributed by atoms with Gasteiger partial charge in [0.2, 0.25) is 0 Å². The molecule has 3 nitrogen and oxygen atoms in total. The normalized spacial score (nSPS) is 28.0. The van der Waals surface area contributed by atoms with Crippen LogP contribution in [0.5, 0.6) is 0 Å². The molecular formula is C23H32N2O. The van der Waals surface area contributed by atoms with Crippen molar-refractivity contribution in [2.45, 2.75) is 72.9 Å². The number of pyridine rings is 1. The maximum Gasteiger partial charge on any atom is 0.194 e. The van der Waals surface area contributed by atoms with Crippen LogP contribution in [0.25, 0.3) is 10.9 Å². The van der Waals surface area contributed by atoms with Crippen molar-refractivity contribution in [3.05, 3.63) is 45.2 Å². The first-order chi connectivity index (χ1) is 12.2. The van der Waals surface area contributed by atoms with Crippen molar-refractivity contribution in [1.29, 1.82) is 0 Å². The molecule has 4 rings (SSSR count). The number of likely N-dealkylation sites (tertiary alicyclic amines) is 1. The van der Waals surface area contributed by atoms with Gasteiger partial charge in [-0.15, -0.1) is 0 Å². The zero-order valence-corrected chi connectivity index (χ0v) is 16.9. The SMILES string of the molecule is CCc1ccc2[nH]c(C)c(CN3C[C@@]4(C)C[C@H]3CC(C)(C)C4)c(=O)c2c1. The lowest BCUT2D eigenvalue weighted by molar-refractivity contribution is 0.126. The average Bonchev–Trinajstić information content (AvgIpc) is 2.79. The second-order valence-electron chi connectivity index (χ2n) is 9.91. The summed E-state index contributed by atoms with van der Waals surface area (Å²) < 4.78 is 0. The summed E-state index contributed by atoms with van der Waals surface area (Å²) in [5.74, 6) is 0. The molecule has 0 amide bonds. The number of hydrogen-bond acceptors (Lipinski definition) is 2. The van der Waals surface area contributed by atoms with Gasteiger partial charge >= 0.3 is 0 Å². The number of aromatic nitrogens is 1. The minimum Gasteiger partial charge on any atom is -0.358 e. The zero-order chi connectivity index (χ0) is 18.7.